The average Bonchev–Trinajstić information content (AvgIpc) is 3.43. The van der Waals surface area contributed by atoms with Gasteiger partial charge >= 0.3 is 0 Å². The quantitative estimate of drug-likeness (QED) is 0.863. The molecule has 1 N–H and O–H groups in total. The first-order valence-electron chi connectivity index (χ1n) is 9.29. The minimum Gasteiger partial charge on any atom is -0.378 e. The van der Waals surface area contributed by atoms with E-state index in [1.54, 1.807) is 6.92 Å². The summed E-state index contributed by atoms with van der Waals surface area (Å²) in [7, 11) is 0. The van der Waals surface area contributed by atoms with Crippen molar-refractivity contribution in [3.05, 3.63) is 59.7 Å². The SMILES string of the molecule is CC(=O)N1c2ccccc2C(Nc2ccccc2C)C(C)C1C1CC1. The Hall–Kier alpha value is -2.29. The van der Waals surface area contributed by atoms with Gasteiger partial charge in [-0.3, -0.25) is 4.79 Å². The van der Waals surface area contributed by atoms with Gasteiger partial charge < -0.3 is 10.2 Å². The number of anilines is 2. The number of hydrogen-bond donors (Lipinski definition) is 1. The van der Waals surface area contributed by atoms with Crippen LogP contribution in [0.1, 0.15) is 43.9 Å². The minimum atomic E-state index is 0.158. The predicted molar refractivity (Wildman–Crippen MR) is 103 cm³/mol. The standard InChI is InChI=1S/C22H26N2O/c1-14-8-4-6-10-19(14)23-21-15(2)22(17-12-13-17)24(16(3)25)20-11-7-5-9-18(20)21/h4-11,15,17,21-23H,12-13H2,1-3H3. The fourth-order valence-corrected chi connectivity index (χ4v) is 4.42. The van der Waals surface area contributed by atoms with Gasteiger partial charge in [0.25, 0.3) is 0 Å². The zero-order chi connectivity index (χ0) is 17.6. The maximum atomic E-state index is 12.5. The Bertz CT molecular complexity index is 796. The normalized spacial score (nSPS) is 25.4. The molecule has 0 spiro atoms. The van der Waals surface area contributed by atoms with Crippen LogP contribution in [0.3, 0.4) is 0 Å². The second-order valence-electron chi connectivity index (χ2n) is 7.57. The average molecular weight is 334 g/mol. The number of fused-ring (bicyclic) bond motifs is 1. The lowest BCUT2D eigenvalue weighted by atomic mass is 9.80. The molecule has 1 fully saturated rings. The molecule has 2 aromatic carbocycles. The Kier molecular flexibility index (Phi) is 4.03. The molecular formula is C22H26N2O. The number of aryl methyl sites for hydroxylation is 1. The molecular weight excluding hydrogens is 308 g/mol. The summed E-state index contributed by atoms with van der Waals surface area (Å²) in [5.74, 6) is 1.16. The van der Waals surface area contributed by atoms with Gasteiger partial charge in [0.1, 0.15) is 0 Å². The van der Waals surface area contributed by atoms with Crippen molar-refractivity contribution in [1.29, 1.82) is 0 Å². The van der Waals surface area contributed by atoms with Crippen molar-refractivity contribution < 1.29 is 4.79 Å². The van der Waals surface area contributed by atoms with E-state index in [4.69, 9.17) is 0 Å². The molecule has 3 atom stereocenters. The van der Waals surface area contributed by atoms with E-state index >= 15 is 0 Å². The molecule has 1 aliphatic heterocycles. The summed E-state index contributed by atoms with van der Waals surface area (Å²) in [5, 5.41) is 3.79. The molecule has 130 valence electrons. The van der Waals surface area contributed by atoms with Crippen LogP contribution in [0.4, 0.5) is 11.4 Å². The fourth-order valence-electron chi connectivity index (χ4n) is 4.42. The van der Waals surface area contributed by atoms with Crippen LogP contribution in [-0.4, -0.2) is 11.9 Å². The highest BCUT2D eigenvalue weighted by Crippen LogP contribution is 2.49. The molecule has 0 saturated heterocycles. The Morgan fingerprint density at radius 2 is 1.76 bits per heavy atom. The molecule has 1 heterocycles. The van der Waals surface area contributed by atoms with Crippen LogP contribution in [0.5, 0.6) is 0 Å². The number of nitrogens with zero attached hydrogens (tertiary/aromatic N) is 1. The Morgan fingerprint density at radius 3 is 2.44 bits per heavy atom. The molecule has 0 aromatic heterocycles. The van der Waals surface area contributed by atoms with Crippen LogP contribution >= 0.6 is 0 Å². The number of rotatable bonds is 3. The second kappa shape index (κ2) is 6.21. The van der Waals surface area contributed by atoms with Gasteiger partial charge in [-0.25, -0.2) is 0 Å². The predicted octanol–water partition coefficient (Wildman–Crippen LogP) is 4.93. The number of carbonyl (C=O) groups is 1. The molecule has 0 radical (unpaired) electrons. The summed E-state index contributed by atoms with van der Waals surface area (Å²) in [6.45, 7) is 6.14. The molecule has 1 amide bonds. The van der Waals surface area contributed by atoms with Crippen molar-refractivity contribution in [2.24, 2.45) is 11.8 Å². The first-order chi connectivity index (χ1) is 12.1. The van der Waals surface area contributed by atoms with Gasteiger partial charge in [0, 0.05) is 30.3 Å². The molecule has 1 saturated carbocycles. The van der Waals surface area contributed by atoms with Crippen molar-refractivity contribution >= 4 is 17.3 Å². The van der Waals surface area contributed by atoms with E-state index in [1.165, 1.54) is 29.7 Å². The van der Waals surface area contributed by atoms with E-state index in [1.807, 2.05) is 6.07 Å². The maximum absolute atomic E-state index is 12.5. The highest BCUT2D eigenvalue weighted by molar-refractivity contribution is 5.94. The first kappa shape index (κ1) is 16.2. The Balaban J connectivity index is 1.79. The lowest BCUT2D eigenvalue weighted by Crippen LogP contribution is -2.51. The van der Waals surface area contributed by atoms with Gasteiger partial charge in [-0.15, -0.1) is 0 Å². The molecule has 2 aromatic rings. The number of amides is 1. The molecule has 3 heteroatoms. The number of nitrogens with one attached hydrogen (secondary N) is 1. The monoisotopic (exact) mass is 334 g/mol. The van der Waals surface area contributed by atoms with Gasteiger partial charge in [0.15, 0.2) is 0 Å². The zero-order valence-corrected chi connectivity index (χ0v) is 15.2. The lowest BCUT2D eigenvalue weighted by Gasteiger charge is -2.46. The first-order valence-corrected chi connectivity index (χ1v) is 9.29. The highest BCUT2D eigenvalue weighted by atomic mass is 16.2. The van der Waals surface area contributed by atoms with E-state index in [0.717, 1.165) is 5.69 Å². The molecule has 4 rings (SSSR count). The third-order valence-corrected chi connectivity index (χ3v) is 5.79. The summed E-state index contributed by atoms with van der Waals surface area (Å²) in [5.41, 5.74) is 4.74. The van der Waals surface area contributed by atoms with Gasteiger partial charge in [-0.05, 0) is 48.9 Å². The Morgan fingerprint density at radius 1 is 1.08 bits per heavy atom. The van der Waals surface area contributed by atoms with E-state index in [-0.39, 0.29) is 18.0 Å². The second-order valence-corrected chi connectivity index (χ2v) is 7.57. The summed E-state index contributed by atoms with van der Waals surface area (Å²) >= 11 is 0. The minimum absolute atomic E-state index is 0.158. The third kappa shape index (κ3) is 2.82. The molecule has 3 unspecified atom stereocenters. The third-order valence-electron chi connectivity index (χ3n) is 5.79. The lowest BCUT2D eigenvalue weighted by molar-refractivity contribution is -0.117. The smallest absolute Gasteiger partial charge is 0.224 e. The summed E-state index contributed by atoms with van der Waals surface area (Å²) in [4.78, 5) is 14.5. The van der Waals surface area contributed by atoms with E-state index in [0.29, 0.717) is 11.8 Å². The molecule has 2 aliphatic rings. The molecule has 3 nitrogen and oxygen atoms in total. The van der Waals surface area contributed by atoms with E-state index in [9.17, 15) is 4.79 Å². The largest absolute Gasteiger partial charge is 0.378 e. The van der Waals surface area contributed by atoms with Crippen LogP contribution in [0.2, 0.25) is 0 Å². The molecule has 1 aliphatic carbocycles. The highest BCUT2D eigenvalue weighted by Gasteiger charge is 2.47. The van der Waals surface area contributed by atoms with Crippen LogP contribution in [0, 0.1) is 18.8 Å². The van der Waals surface area contributed by atoms with Gasteiger partial charge in [0.05, 0.1) is 6.04 Å². The summed E-state index contributed by atoms with van der Waals surface area (Å²) < 4.78 is 0. The van der Waals surface area contributed by atoms with Crippen LogP contribution in [0.15, 0.2) is 48.5 Å². The van der Waals surface area contributed by atoms with Crippen molar-refractivity contribution in [3.8, 4) is 0 Å². The van der Waals surface area contributed by atoms with Crippen molar-refractivity contribution in [2.75, 3.05) is 10.2 Å². The van der Waals surface area contributed by atoms with Crippen LogP contribution < -0.4 is 10.2 Å². The number of para-hydroxylation sites is 2. The van der Waals surface area contributed by atoms with Crippen molar-refractivity contribution in [1.82, 2.24) is 0 Å². The topological polar surface area (TPSA) is 32.3 Å². The van der Waals surface area contributed by atoms with Crippen LogP contribution in [-0.2, 0) is 4.79 Å². The van der Waals surface area contributed by atoms with E-state index in [2.05, 4.69) is 66.5 Å². The number of carbonyl (C=O) groups excluding carboxylic acids is 1. The van der Waals surface area contributed by atoms with Crippen molar-refractivity contribution in [2.45, 2.75) is 45.7 Å². The number of benzene rings is 2. The molecule has 25 heavy (non-hydrogen) atoms. The van der Waals surface area contributed by atoms with Crippen LogP contribution in [0.25, 0.3) is 0 Å². The van der Waals surface area contributed by atoms with Crippen molar-refractivity contribution in [3.63, 3.8) is 0 Å². The fraction of sp³-hybridized carbons (Fsp3) is 0.409. The zero-order valence-electron chi connectivity index (χ0n) is 15.2. The summed E-state index contributed by atoms with van der Waals surface area (Å²) in [6.07, 6.45) is 2.47. The van der Waals surface area contributed by atoms with E-state index < -0.39 is 0 Å². The van der Waals surface area contributed by atoms with Gasteiger partial charge in [0.2, 0.25) is 5.91 Å². The summed E-state index contributed by atoms with van der Waals surface area (Å²) in [6, 6.07) is 17.3. The number of hydrogen-bond acceptors (Lipinski definition) is 2. The van der Waals surface area contributed by atoms with Gasteiger partial charge in [-0.2, -0.15) is 0 Å². The maximum Gasteiger partial charge on any atom is 0.224 e. The molecule has 0 bridgehead atoms. The Labute approximate surface area is 150 Å². The van der Waals surface area contributed by atoms with Gasteiger partial charge in [-0.1, -0.05) is 43.3 Å².